The Balaban J connectivity index is 2.44. The van der Waals surface area contributed by atoms with Crippen LogP contribution in [0.1, 0.15) is 10.4 Å². The SMILES string of the molecule is C=Cc1sc2cc3ccccc3cc2c1/C=N\C. The van der Waals surface area contributed by atoms with Crippen molar-refractivity contribution in [2.24, 2.45) is 4.99 Å². The van der Waals surface area contributed by atoms with Gasteiger partial charge in [0.05, 0.1) is 0 Å². The highest BCUT2D eigenvalue weighted by Crippen LogP contribution is 2.34. The predicted octanol–water partition coefficient (Wildman–Crippen LogP) is 4.75. The molecule has 1 aromatic heterocycles. The smallest absolute Gasteiger partial charge is 0.0364 e. The van der Waals surface area contributed by atoms with E-state index in [0.29, 0.717) is 0 Å². The minimum absolute atomic E-state index is 1.18. The van der Waals surface area contributed by atoms with Crippen LogP contribution in [-0.4, -0.2) is 13.3 Å². The van der Waals surface area contributed by atoms with E-state index < -0.39 is 0 Å². The Morgan fingerprint density at radius 3 is 2.56 bits per heavy atom. The largest absolute Gasteiger partial charge is 0.296 e. The fourth-order valence-electron chi connectivity index (χ4n) is 2.23. The lowest BCUT2D eigenvalue weighted by atomic mass is 10.1. The molecule has 3 rings (SSSR count). The van der Waals surface area contributed by atoms with Gasteiger partial charge in [-0.1, -0.05) is 36.9 Å². The van der Waals surface area contributed by atoms with Gasteiger partial charge in [-0.05, 0) is 22.9 Å². The van der Waals surface area contributed by atoms with Gasteiger partial charge in [-0.15, -0.1) is 11.3 Å². The lowest BCUT2D eigenvalue weighted by Crippen LogP contribution is -1.81. The summed E-state index contributed by atoms with van der Waals surface area (Å²) in [6.45, 7) is 3.89. The van der Waals surface area contributed by atoms with Crippen LogP contribution in [0.3, 0.4) is 0 Å². The van der Waals surface area contributed by atoms with Gasteiger partial charge in [0.1, 0.15) is 0 Å². The predicted molar refractivity (Wildman–Crippen MR) is 82.9 cm³/mol. The number of hydrogen-bond donors (Lipinski definition) is 0. The van der Waals surface area contributed by atoms with Crippen LogP contribution in [-0.2, 0) is 0 Å². The molecule has 0 spiro atoms. The highest BCUT2D eigenvalue weighted by Gasteiger charge is 2.09. The molecule has 0 bridgehead atoms. The summed E-state index contributed by atoms with van der Waals surface area (Å²) >= 11 is 1.77. The molecule has 0 saturated heterocycles. The number of thiophene rings is 1. The Morgan fingerprint density at radius 1 is 1.17 bits per heavy atom. The van der Waals surface area contributed by atoms with Crippen LogP contribution >= 0.6 is 11.3 Å². The summed E-state index contributed by atoms with van der Waals surface area (Å²) in [5, 5.41) is 3.81. The molecule has 0 amide bonds. The van der Waals surface area contributed by atoms with Crippen molar-refractivity contribution in [1.29, 1.82) is 0 Å². The van der Waals surface area contributed by atoms with Crippen LogP contribution in [0.2, 0.25) is 0 Å². The molecule has 0 unspecified atom stereocenters. The van der Waals surface area contributed by atoms with Gasteiger partial charge in [0, 0.05) is 33.8 Å². The third-order valence-corrected chi connectivity index (χ3v) is 4.23. The van der Waals surface area contributed by atoms with Crippen LogP contribution in [0.25, 0.3) is 26.9 Å². The summed E-state index contributed by atoms with van der Waals surface area (Å²) < 4.78 is 1.29. The van der Waals surface area contributed by atoms with Gasteiger partial charge in [0.2, 0.25) is 0 Å². The molecule has 3 aromatic rings. The summed E-state index contributed by atoms with van der Waals surface area (Å²) in [5.74, 6) is 0. The summed E-state index contributed by atoms with van der Waals surface area (Å²) in [6.07, 6.45) is 3.83. The van der Waals surface area contributed by atoms with Crippen molar-refractivity contribution in [3.8, 4) is 0 Å². The van der Waals surface area contributed by atoms with E-state index in [-0.39, 0.29) is 0 Å². The number of rotatable bonds is 2. The Hall–Kier alpha value is -1.93. The van der Waals surface area contributed by atoms with E-state index in [2.05, 4.69) is 48.0 Å². The molecule has 2 heteroatoms. The molecule has 1 nitrogen and oxygen atoms in total. The van der Waals surface area contributed by atoms with Crippen molar-refractivity contribution < 1.29 is 0 Å². The van der Waals surface area contributed by atoms with Crippen molar-refractivity contribution in [1.82, 2.24) is 0 Å². The van der Waals surface area contributed by atoms with Gasteiger partial charge in [0.25, 0.3) is 0 Å². The lowest BCUT2D eigenvalue weighted by Gasteiger charge is -1.98. The molecule has 0 fully saturated rings. The summed E-state index contributed by atoms with van der Waals surface area (Å²) in [7, 11) is 1.80. The molecular weight excluding hydrogens is 238 g/mol. The van der Waals surface area contributed by atoms with Crippen molar-refractivity contribution in [2.75, 3.05) is 7.05 Å². The highest BCUT2D eigenvalue weighted by molar-refractivity contribution is 7.20. The minimum Gasteiger partial charge on any atom is -0.296 e. The first kappa shape index (κ1) is 11.2. The average Bonchev–Trinajstić information content (AvgIpc) is 2.74. The Morgan fingerprint density at radius 2 is 1.89 bits per heavy atom. The van der Waals surface area contributed by atoms with Crippen molar-refractivity contribution >= 4 is 44.5 Å². The number of nitrogens with zero attached hydrogens (tertiary/aromatic N) is 1. The highest BCUT2D eigenvalue weighted by atomic mass is 32.1. The maximum atomic E-state index is 4.15. The number of hydrogen-bond acceptors (Lipinski definition) is 2. The Kier molecular flexibility index (Phi) is 2.73. The summed E-state index contributed by atoms with van der Waals surface area (Å²) in [4.78, 5) is 5.34. The lowest BCUT2D eigenvalue weighted by molar-refractivity contribution is 1.47. The molecular formula is C16H13NS. The first-order valence-electron chi connectivity index (χ1n) is 5.83. The zero-order chi connectivity index (χ0) is 12.5. The molecule has 88 valence electrons. The van der Waals surface area contributed by atoms with E-state index >= 15 is 0 Å². The third kappa shape index (κ3) is 1.66. The number of fused-ring (bicyclic) bond motifs is 2. The molecule has 0 N–H and O–H groups in total. The van der Waals surface area contributed by atoms with Crippen LogP contribution < -0.4 is 0 Å². The zero-order valence-corrected chi connectivity index (χ0v) is 11.0. The topological polar surface area (TPSA) is 12.4 Å². The molecule has 1 heterocycles. The van der Waals surface area contributed by atoms with Crippen molar-refractivity contribution in [3.63, 3.8) is 0 Å². The normalized spacial score (nSPS) is 11.6. The average molecular weight is 251 g/mol. The molecule has 0 aliphatic heterocycles. The van der Waals surface area contributed by atoms with Gasteiger partial charge in [0.15, 0.2) is 0 Å². The molecule has 0 radical (unpaired) electrons. The first-order valence-corrected chi connectivity index (χ1v) is 6.65. The van der Waals surface area contributed by atoms with Gasteiger partial charge in [-0.2, -0.15) is 0 Å². The maximum absolute atomic E-state index is 4.15. The fourth-order valence-corrected chi connectivity index (χ4v) is 3.29. The van der Waals surface area contributed by atoms with E-state index in [1.54, 1.807) is 18.4 Å². The van der Waals surface area contributed by atoms with E-state index in [1.807, 2.05) is 12.3 Å². The zero-order valence-electron chi connectivity index (χ0n) is 10.2. The van der Waals surface area contributed by atoms with Gasteiger partial charge in [-0.25, -0.2) is 0 Å². The molecule has 2 aromatic carbocycles. The molecule has 0 atom stereocenters. The molecule has 0 aliphatic carbocycles. The fraction of sp³-hybridized carbons (Fsp3) is 0.0625. The van der Waals surface area contributed by atoms with Crippen LogP contribution in [0.4, 0.5) is 0 Å². The number of benzene rings is 2. The van der Waals surface area contributed by atoms with Crippen molar-refractivity contribution in [3.05, 3.63) is 53.4 Å². The van der Waals surface area contributed by atoms with Crippen molar-refractivity contribution in [2.45, 2.75) is 0 Å². The van der Waals surface area contributed by atoms with Crippen LogP contribution in [0, 0.1) is 0 Å². The van der Waals surface area contributed by atoms with Crippen LogP contribution in [0.5, 0.6) is 0 Å². The summed E-state index contributed by atoms with van der Waals surface area (Å²) in [5.41, 5.74) is 1.18. The maximum Gasteiger partial charge on any atom is 0.0364 e. The second-order valence-corrected chi connectivity index (χ2v) is 5.25. The second kappa shape index (κ2) is 4.39. The molecule has 0 saturated carbocycles. The Bertz CT molecular complexity index is 765. The second-order valence-electron chi connectivity index (χ2n) is 4.17. The van der Waals surface area contributed by atoms with E-state index in [9.17, 15) is 0 Å². The van der Waals surface area contributed by atoms with Crippen LogP contribution in [0.15, 0.2) is 48.0 Å². The van der Waals surface area contributed by atoms with E-state index in [0.717, 1.165) is 0 Å². The summed E-state index contributed by atoms with van der Waals surface area (Å²) in [6, 6.07) is 12.9. The Labute approximate surface area is 110 Å². The molecule has 0 aliphatic rings. The first-order chi connectivity index (χ1) is 8.83. The monoisotopic (exact) mass is 251 g/mol. The standard InChI is InChI=1S/C16H13NS/c1-3-15-14(10-17-2)13-8-11-6-4-5-7-12(11)9-16(13)18-15/h3-10H,1H2,2H3/b17-10-. The van der Waals surface area contributed by atoms with Gasteiger partial charge in [-0.3, -0.25) is 4.99 Å². The van der Waals surface area contributed by atoms with Gasteiger partial charge >= 0.3 is 0 Å². The van der Waals surface area contributed by atoms with E-state index in [1.165, 1.54) is 31.3 Å². The third-order valence-electron chi connectivity index (χ3n) is 3.07. The molecule has 18 heavy (non-hydrogen) atoms. The van der Waals surface area contributed by atoms with Gasteiger partial charge < -0.3 is 0 Å². The minimum atomic E-state index is 1.18. The quantitative estimate of drug-likeness (QED) is 0.583. The number of aliphatic imine (C=N–C) groups is 1. The van der Waals surface area contributed by atoms with E-state index in [4.69, 9.17) is 0 Å².